The Morgan fingerprint density at radius 1 is 1.57 bits per heavy atom. The summed E-state index contributed by atoms with van der Waals surface area (Å²) in [6.07, 6.45) is 0. The largest absolute Gasteiger partial charge is 0.387 e. The normalized spacial score (nSPS) is 16.0. The Morgan fingerprint density at radius 2 is 2.14 bits per heavy atom. The maximum absolute atomic E-state index is 9.46. The smallest absolute Gasteiger partial charge is 0.374 e. The summed E-state index contributed by atoms with van der Waals surface area (Å²) in [5.41, 5.74) is 0. The Labute approximate surface area is 44.5 Å². The van der Waals surface area contributed by atoms with Gasteiger partial charge in [-0.05, 0) is 0 Å². The molecular weight excluding hydrogens is 116 g/mol. The highest BCUT2D eigenvalue weighted by Crippen LogP contribution is 2.10. The van der Waals surface area contributed by atoms with E-state index in [0.29, 0.717) is 0 Å². The van der Waals surface area contributed by atoms with Crippen molar-refractivity contribution in [1.29, 1.82) is 0 Å². The lowest BCUT2D eigenvalue weighted by Crippen LogP contribution is -2.19. The van der Waals surface area contributed by atoms with Crippen LogP contribution < -0.4 is 0 Å². The summed E-state index contributed by atoms with van der Waals surface area (Å²) in [6.45, 7) is 0. The van der Waals surface area contributed by atoms with Crippen molar-refractivity contribution in [3.05, 3.63) is 5.95 Å². The van der Waals surface area contributed by atoms with E-state index in [4.69, 9.17) is 0 Å². The van der Waals surface area contributed by atoms with Crippen molar-refractivity contribution in [1.82, 2.24) is 0 Å². The molecular formula is C3O3S. The molecule has 0 unspecified atom stereocenters. The van der Waals surface area contributed by atoms with Crippen LogP contribution in [0.3, 0.4) is 0 Å². The molecule has 1 rings (SSSR count). The summed E-state index contributed by atoms with van der Waals surface area (Å²) in [5.74, 6) is 1.19. The number of hydrogen-bond donors (Lipinski definition) is 0. The van der Waals surface area contributed by atoms with E-state index in [1.807, 2.05) is 0 Å². The van der Waals surface area contributed by atoms with Gasteiger partial charge in [-0.15, -0.1) is 0 Å². The Bertz CT molecular complexity index is 146. The van der Waals surface area contributed by atoms with Crippen LogP contribution in [0, 0.1) is 0 Å². The summed E-state index contributed by atoms with van der Waals surface area (Å²) < 4.78 is 8.58. The molecule has 0 atom stereocenters. The molecule has 0 N–H and O–H groups in total. The summed E-state index contributed by atoms with van der Waals surface area (Å²) in [7, 11) is 0. The Morgan fingerprint density at radius 3 is 2.29 bits per heavy atom. The zero-order valence-electron chi connectivity index (χ0n) is 3.13. The highest BCUT2D eigenvalue weighted by atomic mass is 32.1. The van der Waals surface area contributed by atoms with E-state index in [-0.39, 0.29) is 11.2 Å². The summed E-state index contributed by atoms with van der Waals surface area (Å²) >= 11 is 4.28. The molecule has 0 aromatic heterocycles. The molecule has 1 fully saturated rings. The summed E-state index contributed by atoms with van der Waals surface area (Å²) in [5, 5.41) is -0.0154. The molecule has 0 radical (unpaired) electrons. The average Bonchev–Trinajstić information content (AvgIpc) is 1.58. The second kappa shape index (κ2) is 1.33. The SMILES string of the molecule is O=C=C1OC(=S)O1. The molecule has 0 amide bonds. The first-order valence-corrected chi connectivity index (χ1v) is 1.88. The highest BCUT2D eigenvalue weighted by molar-refractivity contribution is 7.79. The molecule has 0 bridgehead atoms. The predicted octanol–water partition coefficient (Wildman–Crippen LogP) is -0.00890. The molecule has 3 nitrogen and oxygen atoms in total. The third-order valence-corrected chi connectivity index (χ3v) is 0.602. The Hall–Kier alpha value is -0.860. The number of carbonyl (C=O) groups excluding carboxylic acids is 1. The lowest BCUT2D eigenvalue weighted by molar-refractivity contribution is 0.0728. The molecule has 0 aromatic rings. The molecule has 7 heavy (non-hydrogen) atoms. The standard InChI is InChI=1S/C3O3S/c4-1-2-5-3(7)6-2. The quantitative estimate of drug-likeness (QED) is 0.329. The van der Waals surface area contributed by atoms with Crippen LogP contribution >= 0.6 is 12.2 Å². The van der Waals surface area contributed by atoms with Crippen molar-refractivity contribution in [2.45, 2.75) is 0 Å². The van der Waals surface area contributed by atoms with Gasteiger partial charge in [-0.2, -0.15) is 0 Å². The van der Waals surface area contributed by atoms with Crippen LogP contribution in [0.15, 0.2) is 5.95 Å². The molecule has 1 heterocycles. The molecule has 0 aliphatic carbocycles. The Balaban J connectivity index is 2.61. The first kappa shape index (κ1) is 4.30. The number of rotatable bonds is 0. The third-order valence-electron chi connectivity index (χ3n) is 0.435. The van der Waals surface area contributed by atoms with Crippen molar-refractivity contribution in [3.8, 4) is 0 Å². The second-order valence-electron chi connectivity index (χ2n) is 0.844. The highest BCUT2D eigenvalue weighted by Gasteiger charge is 2.19. The van der Waals surface area contributed by atoms with Crippen molar-refractivity contribution >= 4 is 23.4 Å². The number of thiocarbonyl (C=S) groups is 1. The zero-order chi connectivity index (χ0) is 5.28. The minimum Gasteiger partial charge on any atom is -0.374 e. The van der Waals surface area contributed by atoms with E-state index in [9.17, 15) is 4.79 Å². The van der Waals surface area contributed by atoms with Gasteiger partial charge in [0.15, 0.2) is 0 Å². The fourth-order valence-electron chi connectivity index (χ4n) is 0.201. The van der Waals surface area contributed by atoms with Crippen LogP contribution in [0.5, 0.6) is 0 Å². The van der Waals surface area contributed by atoms with Crippen LogP contribution in [0.2, 0.25) is 0 Å². The molecule has 0 spiro atoms. The van der Waals surface area contributed by atoms with Crippen molar-refractivity contribution < 1.29 is 14.3 Å². The molecule has 36 valence electrons. The number of ether oxygens (including phenoxy) is 2. The van der Waals surface area contributed by atoms with E-state index < -0.39 is 0 Å². The van der Waals surface area contributed by atoms with E-state index in [0.717, 1.165) is 0 Å². The lowest BCUT2D eigenvalue weighted by Gasteiger charge is -2.13. The van der Waals surface area contributed by atoms with Crippen LogP contribution in [-0.2, 0) is 14.3 Å². The van der Waals surface area contributed by atoms with E-state index >= 15 is 0 Å². The van der Waals surface area contributed by atoms with Crippen molar-refractivity contribution in [2.75, 3.05) is 0 Å². The maximum Gasteiger partial charge on any atom is 0.387 e. The van der Waals surface area contributed by atoms with E-state index in [2.05, 4.69) is 21.7 Å². The van der Waals surface area contributed by atoms with E-state index in [1.165, 1.54) is 5.94 Å². The molecule has 1 aliphatic rings. The van der Waals surface area contributed by atoms with Gasteiger partial charge in [0.25, 0.3) is 0 Å². The first-order chi connectivity index (χ1) is 3.33. The monoisotopic (exact) mass is 116 g/mol. The predicted molar refractivity (Wildman–Crippen MR) is 24.0 cm³/mol. The lowest BCUT2D eigenvalue weighted by atomic mass is 10.9. The van der Waals surface area contributed by atoms with Gasteiger partial charge >= 0.3 is 11.2 Å². The minimum absolute atomic E-state index is 0.0154. The molecule has 1 aliphatic heterocycles. The Kier molecular flexibility index (Phi) is 0.817. The summed E-state index contributed by atoms with van der Waals surface area (Å²) in [6, 6.07) is 0. The van der Waals surface area contributed by atoms with Gasteiger partial charge in [-0.3, -0.25) is 0 Å². The van der Waals surface area contributed by atoms with Crippen LogP contribution in [-0.4, -0.2) is 11.2 Å². The fourth-order valence-corrected chi connectivity index (χ4v) is 0.352. The van der Waals surface area contributed by atoms with Gasteiger partial charge in [0.05, 0.1) is 0 Å². The van der Waals surface area contributed by atoms with Gasteiger partial charge in [-0.1, -0.05) is 0 Å². The topological polar surface area (TPSA) is 35.5 Å². The van der Waals surface area contributed by atoms with E-state index in [1.54, 1.807) is 0 Å². The van der Waals surface area contributed by atoms with Crippen LogP contribution in [0.1, 0.15) is 0 Å². The van der Waals surface area contributed by atoms with Gasteiger partial charge in [0.2, 0.25) is 5.94 Å². The minimum atomic E-state index is -0.176. The second-order valence-corrected chi connectivity index (χ2v) is 1.18. The van der Waals surface area contributed by atoms with Gasteiger partial charge in [0.1, 0.15) is 0 Å². The van der Waals surface area contributed by atoms with Gasteiger partial charge in [-0.25, -0.2) is 4.79 Å². The molecule has 1 saturated heterocycles. The third kappa shape index (κ3) is 0.607. The summed E-state index contributed by atoms with van der Waals surface area (Å²) in [4.78, 5) is 9.46. The number of hydrogen-bond acceptors (Lipinski definition) is 4. The van der Waals surface area contributed by atoms with Crippen molar-refractivity contribution in [3.63, 3.8) is 0 Å². The van der Waals surface area contributed by atoms with Gasteiger partial charge < -0.3 is 9.47 Å². The zero-order valence-corrected chi connectivity index (χ0v) is 3.95. The molecule has 0 aromatic carbocycles. The fraction of sp³-hybridized carbons (Fsp3) is 0. The average molecular weight is 116 g/mol. The van der Waals surface area contributed by atoms with Crippen LogP contribution in [0.4, 0.5) is 0 Å². The van der Waals surface area contributed by atoms with Crippen molar-refractivity contribution in [2.24, 2.45) is 0 Å². The first-order valence-electron chi connectivity index (χ1n) is 1.47. The maximum atomic E-state index is 9.46. The molecule has 4 heteroatoms. The molecule has 0 saturated carbocycles. The van der Waals surface area contributed by atoms with Crippen LogP contribution in [0.25, 0.3) is 0 Å². The van der Waals surface area contributed by atoms with Gasteiger partial charge in [0, 0.05) is 12.2 Å².